The molecule has 110 valence electrons. The van der Waals surface area contributed by atoms with Crippen LogP contribution in [0.25, 0.3) is 11.4 Å². The quantitative estimate of drug-likeness (QED) is 0.864. The number of benzene rings is 1. The van der Waals surface area contributed by atoms with Gasteiger partial charge in [0, 0.05) is 11.8 Å². The summed E-state index contributed by atoms with van der Waals surface area (Å²) in [5.41, 5.74) is 0.796. The molecule has 1 aromatic carbocycles. The third kappa shape index (κ3) is 2.49. The highest BCUT2D eigenvalue weighted by molar-refractivity contribution is 6.61. The zero-order chi connectivity index (χ0) is 15.3. The Morgan fingerprint density at radius 1 is 1.05 bits per heavy atom. The van der Waals surface area contributed by atoms with Gasteiger partial charge in [0.15, 0.2) is 0 Å². The maximum atomic E-state index is 13.0. The molecule has 1 fully saturated rings. The molecule has 0 spiro atoms. The first-order chi connectivity index (χ1) is 9.78. The summed E-state index contributed by atoms with van der Waals surface area (Å²) in [5.74, 6) is 0.399. The van der Waals surface area contributed by atoms with E-state index in [4.69, 9.17) is 9.31 Å². The van der Waals surface area contributed by atoms with Gasteiger partial charge in [-0.2, -0.15) is 0 Å². The molecule has 0 saturated carbocycles. The molecule has 0 aliphatic carbocycles. The average Bonchev–Trinajstić information content (AvgIpc) is 2.94. The molecule has 0 radical (unpaired) electrons. The fourth-order valence-electron chi connectivity index (χ4n) is 2.18. The van der Waals surface area contributed by atoms with E-state index in [-0.39, 0.29) is 5.82 Å². The van der Waals surface area contributed by atoms with Crippen LogP contribution in [0.4, 0.5) is 4.39 Å². The molecular formula is C15H18BFN2O2. The first kappa shape index (κ1) is 14.3. The van der Waals surface area contributed by atoms with Crippen LogP contribution in [0.5, 0.6) is 0 Å². The number of aromatic amines is 1. The lowest BCUT2D eigenvalue weighted by Crippen LogP contribution is -2.41. The van der Waals surface area contributed by atoms with E-state index in [0.29, 0.717) is 5.82 Å². The van der Waals surface area contributed by atoms with Crippen molar-refractivity contribution in [2.75, 3.05) is 0 Å². The number of nitrogens with zero attached hydrogens (tertiary/aromatic N) is 1. The largest absolute Gasteiger partial charge is 0.513 e. The maximum Gasteiger partial charge on any atom is 0.513 e. The zero-order valence-electron chi connectivity index (χ0n) is 12.6. The number of hydrogen-bond acceptors (Lipinski definition) is 3. The third-order valence-electron chi connectivity index (χ3n) is 4.22. The lowest BCUT2D eigenvalue weighted by Gasteiger charge is -2.32. The number of halogens is 1. The second kappa shape index (κ2) is 4.68. The van der Waals surface area contributed by atoms with Crippen molar-refractivity contribution in [3.63, 3.8) is 0 Å². The van der Waals surface area contributed by atoms with E-state index in [0.717, 1.165) is 11.2 Å². The molecule has 1 aromatic heterocycles. The zero-order valence-corrected chi connectivity index (χ0v) is 12.6. The normalized spacial score (nSPS) is 20.0. The van der Waals surface area contributed by atoms with Crippen molar-refractivity contribution >= 4 is 12.7 Å². The molecule has 1 saturated heterocycles. The van der Waals surface area contributed by atoms with Gasteiger partial charge in [0.1, 0.15) is 11.6 Å². The summed E-state index contributed by atoms with van der Waals surface area (Å²) in [6, 6.07) is 6.18. The van der Waals surface area contributed by atoms with Crippen LogP contribution in [0.15, 0.2) is 30.5 Å². The third-order valence-corrected chi connectivity index (χ3v) is 4.22. The number of rotatable bonds is 2. The first-order valence-corrected chi connectivity index (χ1v) is 6.95. The SMILES string of the molecule is CC1(C)OB(c2cnc(-c3ccc(F)cc3)[nH]2)OC1(C)C. The molecule has 4 nitrogen and oxygen atoms in total. The highest BCUT2D eigenvalue weighted by Gasteiger charge is 2.52. The fraction of sp³-hybridized carbons (Fsp3) is 0.400. The second-order valence-corrected chi connectivity index (χ2v) is 6.28. The van der Waals surface area contributed by atoms with E-state index in [1.165, 1.54) is 12.1 Å². The van der Waals surface area contributed by atoms with Gasteiger partial charge in [-0.25, -0.2) is 9.37 Å². The van der Waals surface area contributed by atoms with E-state index in [1.54, 1.807) is 18.3 Å². The average molecular weight is 288 g/mol. The van der Waals surface area contributed by atoms with E-state index in [1.807, 2.05) is 27.7 Å². The Hall–Kier alpha value is -1.66. The van der Waals surface area contributed by atoms with Crippen LogP contribution in [0, 0.1) is 5.82 Å². The van der Waals surface area contributed by atoms with E-state index in [9.17, 15) is 4.39 Å². The highest BCUT2D eigenvalue weighted by Crippen LogP contribution is 2.36. The monoisotopic (exact) mass is 288 g/mol. The molecule has 2 heterocycles. The van der Waals surface area contributed by atoms with Crippen LogP contribution in [0.3, 0.4) is 0 Å². The molecule has 0 unspecified atom stereocenters. The Bertz CT molecular complexity index is 636. The Balaban J connectivity index is 1.85. The van der Waals surface area contributed by atoms with Gasteiger partial charge in [-0.15, -0.1) is 0 Å². The molecule has 6 heteroatoms. The van der Waals surface area contributed by atoms with Crippen LogP contribution < -0.4 is 5.59 Å². The lowest BCUT2D eigenvalue weighted by molar-refractivity contribution is 0.00578. The molecule has 2 aromatic rings. The van der Waals surface area contributed by atoms with E-state index in [2.05, 4.69) is 9.97 Å². The molecule has 0 bridgehead atoms. The van der Waals surface area contributed by atoms with Crippen molar-refractivity contribution in [1.82, 2.24) is 9.97 Å². The van der Waals surface area contributed by atoms with Gasteiger partial charge in [0.25, 0.3) is 0 Å². The second-order valence-electron chi connectivity index (χ2n) is 6.28. The van der Waals surface area contributed by atoms with Crippen molar-refractivity contribution in [3.8, 4) is 11.4 Å². The summed E-state index contributed by atoms with van der Waals surface area (Å²) < 4.78 is 24.9. The summed E-state index contributed by atoms with van der Waals surface area (Å²) in [7, 11) is -0.475. The number of hydrogen-bond donors (Lipinski definition) is 1. The van der Waals surface area contributed by atoms with Gasteiger partial charge in [-0.1, -0.05) is 0 Å². The molecule has 0 atom stereocenters. The molecule has 1 aliphatic rings. The minimum absolute atomic E-state index is 0.267. The molecule has 1 aliphatic heterocycles. The Labute approximate surface area is 123 Å². The minimum atomic E-state index is -0.475. The van der Waals surface area contributed by atoms with Gasteiger partial charge >= 0.3 is 7.12 Å². The Morgan fingerprint density at radius 3 is 2.19 bits per heavy atom. The maximum absolute atomic E-state index is 13.0. The number of H-pyrrole nitrogens is 1. The Morgan fingerprint density at radius 2 is 1.62 bits per heavy atom. The van der Waals surface area contributed by atoms with Crippen LogP contribution in [-0.2, 0) is 9.31 Å². The molecular weight excluding hydrogens is 270 g/mol. The summed E-state index contributed by atoms with van der Waals surface area (Å²) in [6.45, 7) is 8.02. The summed E-state index contributed by atoms with van der Waals surface area (Å²) in [4.78, 5) is 7.50. The standard InChI is InChI=1S/C15H18BFN2O2/c1-14(2)15(3,4)21-16(20-14)12-9-18-13(19-12)10-5-7-11(17)8-6-10/h5-9H,1-4H3,(H,18,19). The topological polar surface area (TPSA) is 47.1 Å². The molecule has 1 N–H and O–H groups in total. The predicted molar refractivity (Wildman–Crippen MR) is 79.7 cm³/mol. The van der Waals surface area contributed by atoms with Gasteiger partial charge < -0.3 is 14.3 Å². The van der Waals surface area contributed by atoms with Gasteiger partial charge in [0.05, 0.1) is 16.8 Å². The number of imidazole rings is 1. The van der Waals surface area contributed by atoms with Crippen LogP contribution in [0.1, 0.15) is 27.7 Å². The smallest absolute Gasteiger partial charge is 0.398 e. The predicted octanol–water partition coefficient (Wildman–Crippen LogP) is 2.52. The fourth-order valence-corrected chi connectivity index (χ4v) is 2.18. The summed E-state index contributed by atoms with van der Waals surface area (Å²) in [6.07, 6.45) is 1.70. The first-order valence-electron chi connectivity index (χ1n) is 6.95. The van der Waals surface area contributed by atoms with Gasteiger partial charge in [0.2, 0.25) is 0 Å². The van der Waals surface area contributed by atoms with Crippen LogP contribution in [-0.4, -0.2) is 28.3 Å². The van der Waals surface area contributed by atoms with E-state index < -0.39 is 18.3 Å². The van der Waals surface area contributed by atoms with Gasteiger partial charge in [-0.05, 0) is 52.0 Å². The minimum Gasteiger partial charge on any atom is -0.398 e. The summed E-state index contributed by atoms with van der Waals surface area (Å²) in [5, 5.41) is 0. The lowest BCUT2D eigenvalue weighted by atomic mass is 9.86. The van der Waals surface area contributed by atoms with Gasteiger partial charge in [-0.3, -0.25) is 0 Å². The van der Waals surface area contributed by atoms with Crippen molar-refractivity contribution in [3.05, 3.63) is 36.3 Å². The molecule has 21 heavy (non-hydrogen) atoms. The number of aromatic nitrogens is 2. The van der Waals surface area contributed by atoms with Crippen LogP contribution in [0.2, 0.25) is 0 Å². The van der Waals surface area contributed by atoms with E-state index >= 15 is 0 Å². The van der Waals surface area contributed by atoms with Crippen LogP contribution >= 0.6 is 0 Å². The summed E-state index contributed by atoms with van der Waals surface area (Å²) >= 11 is 0. The highest BCUT2D eigenvalue weighted by atomic mass is 19.1. The van der Waals surface area contributed by atoms with Crippen molar-refractivity contribution < 1.29 is 13.7 Å². The van der Waals surface area contributed by atoms with Crippen molar-refractivity contribution in [1.29, 1.82) is 0 Å². The molecule has 3 rings (SSSR count). The van der Waals surface area contributed by atoms with Crippen molar-refractivity contribution in [2.24, 2.45) is 0 Å². The number of nitrogens with one attached hydrogen (secondary N) is 1. The Kier molecular flexibility index (Phi) is 3.18. The molecule has 0 amide bonds. The van der Waals surface area contributed by atoms with Crippen molar-refractivity contribution in [2.45, 2.75) is 38.9 Å².